The molecular weight excluding hydrogens is 372 g/mol. The van der Waals surface area contributed by atoms with Gasteiger partial charge in [0.25, 0.3) is 15.9 Å². The number of rotatable bonds is 5. The van der Waals surface area contributed by atoms with Crippen molar-refractivity contribution >= 4 is 27.0 Å². The first-order valence-corrected chi connectivity index (χ1v) is 9.90. The summed E-state index contributed by atoms with van der Waals surface area (Å²) in [7, 11) is -3.57. The van der Waals surface area contributed by atoms with Crippen LogP contribution in [0.15, 0.2) is 74.9 Å². The van der Waals surface area contributed by atoms with E-state index in [2.05, 4.69) is 19.8 Å². The van der Waals surface area contributed by atoms with Crippen molar-refractivity contribution in [2.45, 2.75) is 4.21 Å². The number of nitrogens with zero attached hydrogens (tertiary/aromatic N) is 3. The van der Waals surface area contributed by atoms with Gasteiger partial charge in [-0.15, -0.1) is 11.3 Å². The van der Waals surface area contributed by atoms with Crippen molar-refractivity contribution in [3.05, 3.63) is 66.2 Å². The van der Waals surface area contributed by atoms with Gasteiger partial charge in [0, 0.05) is 17.4 Å². The monoisotopic (exact) mass is 384 g/mol. The molecule has 26 heavy (non-hydrogen) atoms. The summed E-state index contributed by atoms with van der Waals surface area (Å²) >= 11 is 1.16. The second-order valence-electron chi connectivity index (χ2n) is 5.25. The fourth-order valence-electron chi connectivity index (χ4n) is 2.24. The first-order chi connectivity index (χ1) is 12.6. The van der Waals surface area contributed by atoms with Crippen LogP contribution >= 0.6 is 11.3 Å². The summed E-state index contributed by atoms with van der Waals surface area (Å²) in [6.45, 7) is 0. The van der Waals surface area contributed by atoms with Crippen LogP contribution < -0.4 is 4.72 Å². The van der Waals surface area contributed by atoms with Crippen molar-refractivity contribution in [3.8, 4) is 23.0 Å². The number of hydrogen-bond acceptors (Lipinski definition) is 7. The Balaban J connectivity index is 1.54. The van der Waals surface area contributed by atoms with Crippen LogP contribution in [0.5, 0.6) is 0 Å². The highest BCUT2D eigenvalue weighted by molar-refractivity contribution is 7.94. The van der Waals surface area contributed by atoms with E-state index in [4.69, 9.17) is 4.52 Å². The van der Waals surface area contributed by atoms with Crippen LogP contribution in [0.4, 0.5) is 5.69 Å². The number of hydrogen-bond donors (Lipinski definition) is 1. The third kappa shape index (κ3) is 3.35. The van der Waals surface area contributed by atoms with Crippen molar-refractivity contribution in [2.24, 2.45) is 0 Å². The summed E-state index contributed by atoms with van der Waals surface area (Å²) in [4.78, 5) is 8.48. The number of sulfonamides is 1. The second-order valence-corrected chi connectivity index (χ2v) is 8.11. The van der Waals surface area contributed by atoms with Gasteiger partial charge >= 0.3 is 0 Å². The average Bonchev–Trinajstić information content (AvgIpc) is 3.35. The first-order valence-electron chi connectivity index (χ1n) is 7.54. The minimum absolute atomic E-state index is 0.264. The molecule has 0 spiro atoms. The topological polar surface area (TPSA) is 98.0 Å². The maximum Gasteiger partial charge on any atom is 0.276 e. The zero-order valence-electron chi connectivity index (χ0n) is 13.2. The fourth-order valence-corrected chi connectivity index (χ4v) is 4.29. The van der Waals surface area contributed by atoms with Crippen LogP contribution in [0.25, 0.3) is 23.0 Å². The molecule has 4 aromatic rings. The molecule has 130 valence electrons. The van der Waals surface area contributed by atoms with Gasteiger partial charge in [-0.2, -0.15) is 4.98 Å². The molecule has 0 aliphatic carbocycles. The number of nitrogens with one attached hydrogen (secondary N) is 1. The third-order valence-corrected chi connectivity index (χ3v) is 6.24. The Hall–Kier alpha value is -3.04. The van der Waals surface area contributed by atoms with Crippen molar-refractivity contribution in [1.82, 2.24) is 15.1 Å². The molecule has 0 saturated heterocycles. The molecule has 0 bridgehead atoms. The average molecular weight is 384 g/mol. The van der Waals surface area contributed by atoms with Crippen LogP contribution in [0.1, 0.15) is 0 Å². The molecule has 0 unspecified atom stereocenters. The van der Waals surface area contributed by atoms with Gasteiger partial charge < -0.3 is 4.52 Å². The second kappa shape index (κ2) is 6.70. The Morgan fingerprint density at radius 2 is 1.85 bits per heavy atom. The van der Waals surface area contributed by atoms with E-state index in [0.717, 1.165) is 11.3 Å². The van der Waals surface area contributed by atoms with Crippen LogP contribution in [-0.4, -0.2) is 23.5 Å². The van der Waals surface area contributed by atoms with Gasteiger partial charge in [-0.05, 0) is 47.8 Å². The molecule has 9 heteroatoms. The number of pyridine rings is 1. The molecule has 3 aromatic heterocycles. The van der Waals surface area contributed by atoms with Crippen molar-refractivity contribution < 1.29 is 12.9 Å². The summed E-state index contributed by atoms with van der Waals surface area (Å²) < 4.78 is 32.5. The predicted molar refractivity (Wildman–Crippen MR) is 98.1 cm³/mol. The highest BCUT2D eigenvalue weighted by atomic mass is 32.2. The van der Waals surface area contributed by atoms with Crippen LogP contribution in [0, 0.1) is 0 Å². The first kappa shape index (κ1) is 16.4. The molecule has 3 heterocycles. The molecule has 0 aliphatic heterocycles. The summed E-state index contributed by atoms with van der Waals surface area (Å²) in [5.74, 6) is 0.724. The van der Waals surface area contributed by atoms with E-state index in [0.29, 0.717) is 28.7 Å². The zero-order valence-corrected chi connectivity index (χ0v) is 14.9. The molecule has 0 fully saturated rings. The van der Waals surface area contributed by atoms with E-state index in [9.17, 15) is 8.42 Å². The van der Waals surface area contributed by atoms with Gasteiger partial charge in [0.05, 0.1) is 0 Å². The lowest BCUT2D eigenvalue weighted by Gasteiger charge is -2.06. The van der Waals surface area contributed by atoms with Crippen LogP contribution in [-0.2, 0) is 10.0 Å². The maximum absolute atomic E-state index is 12.2. The van der Waals surface area contributed by atoms with Crippen molar-refractivity contribution in [3.63, 3.8) is 0 Å². The Morgan fingerprint density at radius 1 is 1.00 bits per heavy atom. The summed E-state index contributed by atoms with van der Waals surface area (Å²) in [5, 5.41) is 5.66. The van der Waals surface area contributed by atoms with E-state index >= 15 is 0 Å². The number of benzene rings is 1. The molecular formula is C17H12N4O3S2. The van der Waals surface area contributed by atoms with Gasteiger partial charge in [-0.1, -0.05) is 17.3 Å². The highest BCUT2D eigenvalue weighted by Crippen LogP contribution is 2.24. The molecule has 7 nitrogen and oxygen atoms in total. The molecule has 0 amide bonds. The molecule has 0 atom stereocenters. The van der Waals surface area contributed by atoms with Gasteiger partial charge in [0.1, 0.15) is 9.90 Å². The Kier molecular flexibility index (Phi) is 4.23. The third-order valence-electron chi connectivity index (χ3n) is 3.47. The zero-order chi connectivity index (χ0) is 18.0. The quantitative estimate of drug-likeness (QED) is 0.564. The molecule has 0 saturated carbocycles. The van der Waals surface area contributed by atoms with E-state index < -0.39 is 10.0 Å². The lowest BCUT2D eigenvalue weighted by Crippen LogP contribution is -2.11. The number of anilines is 1. The Morgan fingerprint density at radius 3 is 2.54 bits per heavy atom. The fraction of sp³-hybridized carbons (Fsp3) is 0. The van der Waals surface area contributed by atoms with Crippen molar-refractivity contribution in [1.29, 1.82) is 0 Å². The predicted octanol–water partition coefficient (Wildman–Crippen LogP) is 3.66. The van der Waals surface area contributed by atoms with E-state index in [1.165, 1.54) is 0 Å². The largest absolute Gasteiger partial charge is 0.332 e. The van der Waals surface area contributed by atoms with Gasteiger partial charge in [0.15, 0.2) is 0 Å². The maximum atomic E-state index is 12.2. The Bertz CT molecular complexity index is 1110. The highest BCUT2D eigenvalue weighted by Gasteiger charge is 2.16. The molecule has 0 radical (unpaired) electrons. The lowest BCUT2D eigenvalue weighted by atomic mass is 10.2. The molecule has 1 N–H and O–H groups in total. The SMILES string of the molecule is O=S(=O)(Nc1ccc(-c2noc(-c3ccccn3)n2)cc1)c1cccs1. The number of thiophene rings is 1. The molecule has 4 rings (SSSR count). The molecule has 0 aliphatic rings. The van der Waals surface area contributed by atoms with Gasteiger partial charge in [0.2, 0.25) is 5.82 Å². The van der Waals surface area contributed by atoms with Gasteiger partial charge in [-0.25, -0.2) is 8.42 Å². The number of aromatic nitrogens is 3. The lowest BCUT2D eigenvalue weighted by molar-refractivity contribution is 0.431. The standard InChI is InChI=1S/C17H12N4O3S2/c22-26(23,15-5-3-11-25-15)21-13-8-6-12(7-9-13)16-19-17(24-20-16)14-4-1-2-10-18-14/h1-11,21H. The Labute approximate surface area is 153 Å². The summed E-state index contributed by atoms with van der Waals surface area (Å²) in [6.07, 6.45) is 1.65. The summed E-state index contributed by atoms with van der Waals surface area (Å²) in [6, 6.07) is 15.4. The van der Waals surface area contributed by atoms with E-state index in [-0.39, 0.29) is 4.21 Å². The summed E-state index contributed by atoms with van der Waals surface area (Å²) in [5.41, 5.74) is 1.75. The normalized spacial score (nSPS) is 11.4. The minimum atomic E-state index is -3.57. The van der Waals surface area contributed by atoms with Crippen LogP contribution in [0.3, 0.4) is 0 Å². The van der Waals surface area contributed by atoms with E-state index in [1.54, 1.807) is 60.1 Å². The van der Waals surface area contributed by atoms with Gasteiger partial charge in [-0.3, -0.25) is 9.71 Å². The van der Waals surface area contributed by atoms with E-state index in [1.807, 2.05) is 6.07 Å². The van der Waals surface area contributed by atoms with Crippen molar-refractivity contribution in [2.75, 3.05) is 4.72 Å². The van der Waals surface area contributed by atoms with Crippen LogP contribution in [0.2, 0.25) is 0 Å². The smallest absolute Gasteiger partial charge is 0.276 e. The minimum Gasteiger partial charge on any atom is -0.332 e. The molecule has 1 aromatic carbocycles.